The highest BCUT2D eigenvalue weighted by Gasteiger charge is 2.19. The summed E-state index contributed by atoms with van der Waals surface area (Å²) in [5, 5.41) is 20.1. The molecule has 0 aliphatic carbocycles. The van der Waals surface area contributed by atoms with Gasteiger partial charge in [0.2, 0.25) is 0 Å². The SMILES string of the molecule is Cc1ccc2c(F)csc2c1B(O)O. The number of rotatable bonds is 1. The first-order valence-corrected chi connectivity index (χ1v) is 5.01. The monoisotopic (exact) mass is 210 g/mol. The van der Waals surface area contributed by atoms with E-state index in [0.29, 0.717) is 15.5 Å². The molecule has 2 aromatic rings. The molecule has 1 aromatic heterocycles. The van der Waals surface area contributed by atoms with Crippen LogP contribution in [0.3, 0.4) is 0 Å². The molecule has 5 heteroatoms. The molecule has 0 saturated heterocycles. The molecule has 0 fully saturated rings. The summed E-state index contributed by atoms with van der Waals surface area (Å²) < 4.78 is 13.8. The van der Waals surface area contributed by atoms with E-state index in [0.717, 1.165) is 5.56 Å². The molecule has 0 aliphatic heterocycles. The second kappa shape index (κ2) is 3.35. The van der Waals surface area contributed by atoms with Crippen molar-refractivity contribution in [1.29, 1.82) is 0 Å². The van der Waals surface area contributed by atoms with Gasteiger partial charge in [-0.25, -0.2) is 4.39 Å². The summed E-state index contributed by atoms with van der Waals surface area (Å²) in [6.45, 7) is 1.77. The van der Waals surface area contributed by atoms with Gasteiger partial charge in [0.15, 0.2) is 0 Å². The van der Waals surface area contributed by atoms with E-state index in [2.05, 4.69) is 0 Å². The molecule has 0 aliphatic rings. The lowest BCUT2D eigenvalue weighted by molar-refractivity contribution is 0.426. The minimum Gasteiger partial charge on any atom is -0.423 e. The normalized spacial score (nSPS) is 10.9. The summed E-state index contributed by atoms with van der Waals surface area (Å²) in [6, 6.07) is 3.34. The van der Waals surface area contributed by atoms with Crippen LogP contribution in [0.5, 0.6) is 0 Å². The molecule has 1 aromatic carbocycles. The van der Waals surface area contributed by atoms with Gasteiger partial charge in [-0.1, -0.05) is 12.1 Å². The van der Waals surface area contributed by atoms with Crippen molar-refractivity contribution in [3.8, 4) is 0 Å². The first kappa shape index (κ1) is 9.64. The third kappa shape index (κ3) is 1.34. The number of hydrogen-bond acceptors (Lipinski definition) is 3. The van der Waals surface area contributed by atoms with E-state index in [1.807, 2.05) is 0 Å². The Hall–Kier alpha value is -0.905. The number of thiophene rings is 1. The van der Waals surface area contributed by atoms with Crippen molar-refractivity contribution in [2.45, 2.75) is 6.92 Å². The highest BCUT2D eigenvalue weighted by molar-refractivity contribution is 7.18. The van der Waals surface area contributed by atoms with E-state index in [1.54, 1.807) is 19.1 Å². The summed E-state index contributed by atoms with van der Waals surface area (Å²) >= 11 is 1.19. The Morgan fingerprint density at radius 1 is 1.36 bits per heavy atom. The van der Waals surface area contributed by atoms with Crippen molar-refractivity contribution in [2.24, 2.45) is 0 Å². The Bertz CT molecular complexity index is 481. The van der Waals surface area contributed by atoms with E-state index in [1.165, 1.54) is 16.7 Å². The molecule has 72 valence electrons. The number of halogens is 1. The fourth-order valence-electron chi connectivity index (χ4n) is 1.51. The highest BCUT2D eigenvalue weighted by Crippen LogP contribution is 2.24. The average Bonchev–Trinajstić information content (AvgIpc) is 2.47. The predicted octanol–water partition coefficient (Wildman–Crippen LogP) is 1.03. The number of fused-ring (bicyclic) bond motifs is 1. The first-order valence-electron chi connectivity index (χ1n) is 4.13. The maximum atomic E-state index is 13.2. The molecule has 2 N–H and O–H groups in total. The van der Waals surface area contributed by atoms with Gasteiger partial charge < -0.3 is 10.0 Å². The Morgan fingerprint density at radius 3 is 2.71 bits per heavy atom. The van der Waals surface area contributed by atoms with Gasteiger partial charge in [-0.15, -0.1) is 11.3 Å². The number of aryl methyl sites for hydroxylation is 1. The summed E-state index contributed by atoms with van der Waals surface area (Å²) in [6.07, 6.45) is 0. The minimum absolute atomic E-state index is 0.313. The predicted molar refractivity (Wildman–Crippen MR) is 56.3 cm³/mol. The van der Waals surface area contributed by atoms with Gasteiger partial charge in [-0.3, -0.25) is 0 Å². The van der Waals surface area contributed by atoms with Crippen molar-refractivity contribution < 1.29 is 14.4 Å². The van der Waals surface area contributed by atoms with Crippen LogP contribution in [0, 0.1) is 12.7 Å². The van der Waals surface area contributed by atoms with Crippen LogP contribution in [0.1, 0.15) is 5.56 Å². The van der Waals surface area contributed by atoms with Crippen LogP contribution in [-0.2, 0) is 0 Å². The second-order valence-electron chi connectivity index (χ2n) is 3.13. The zero-order valence-electron chi connectivity index (χ0n) is 7.49. The Labute approximate surface area is 84.8 Å². The zero-order valence-corrected chi connectivity index (χ0v) is 8.31. The van der Waals surface area contributed by atoms with E-state index in [-0.39, 0.29) is 5.82 Å². The van der Waals surface area contributed by atoms with Crippen molar-refractivity contribution in [2.75, 3.05) is 0 Å². The molecule has 0 spiro atoms. The lowest BCUT2D eigenvalue weighted by Crippen LogP contribution is -2.32. The minimum atomic E-state index is -1.54. The quantitative estimate of drug-likeness (QED) is 0.690. The zero-order chi connectivity index (χ0) is 10.3. The van der Waals surface area contributed by atoms with Crippen molar-refractivity contribution >= 4 is 34.0 Å². The van der Waals surface area contributed by atoms with Crippen molar-refractivity contribution in [1.82, 2.24) is 0 Å². The van der Waals surface area contributed by atoms with E-state index >= 15 is 0 Å². The maximum absolute atomic E-state index is 13.2. The molecule has 14 heavy (non-hydrogen) atoms. The van der Waals surface area contributed by atoms with E-state index in [4.69, 9.17) is 10.0 Å². The van der Waals surface area contributed by atoms with Gasteiger partial charge in [0.25, 0.3) is 0 Å². The van der Waals surface area contributed by atoms with Gasteiger partial charge in [-0.2, -0.15) is 0 Å². The third-order valence-corrected chi connectivity index (χ3v) is 3.21. The second-order valence-corrected chi connectivity index (χ2v) is 4.01. The fourth-order valence-corrected chi connectivity index (χ4v) is 2.54. The average molecular weight is 210 g/mol. The third-order valence-electron chi connectivity index (χ3n) is 2.21. The molecule has 2 rings (SSSR count). The van der Waals surface area contributed by atoms with Gasteiger partial charge in [-0.05, 0) is 12.5 Å². The molecular formula is C9H8BFO2S. The molecular weight excluding hydrogens is 202 g/mol. The summed E-state index contributed by atoms with van der Waals surface area (Å²) in [4.78, 5) is 0. The number of hydrogen-bond donors (Lipinski definition) is 2. The molecule has 0 unspecified atom stereocenters. The van der Waals surface area contributed by atoms with Crippen LogP contribution in [-0.4, -0.2) is 17.2 Å². The van der Waals surface area contributed by atoms with Crippen LogP contribution in [0.15, 0.2) is 17.5 Å². The maximum Gasteiger partial charge on any atom is 0.490 e. The van der Waals surface area contributed by atoms with E-state index in [9.17, 15) is 4.39 Å². The smallest absolute Gasteiger partial charge is 0.423 e. The molecule has 2 nitrogen and oxygen atoms in total. The van der Waals surface area contributed by atoms with Gasteiger partial charge in [0.1, 0.15) is 5.82 Å². The van der Waals surface area contributed by atoms with Crippen molar-refractivity contribution in [3.63, 3.8) is 0 Å². The number of benzene rings is 1. The first-order chi connectivity index (χ1) is 6.61. The standard InChI is InChI=1S/C9H8BFO2S/c1-5-2-3-6-7(11)4-14-9(6)8(5)10(12)13/h2-4,12-13H,1H3. The highest BCUT2D eigenvalue weighted by atomic mass is 32.1. The lowest BCUT2D eigenvalue weighted by Gasteiger charge is -2.05. The van der Waals surface area contributed by atoms with Crippen LogP contribution < -0.4 is 5.46 Å². The summed E-state index contributed by atoms with van der Waals surface area (Å²) in [5.74, 6) is -0.313. The van der Waals surface area contributed by atoms with Gasteiger partial charge in [0, 0.05) is 20.9 Å². The Balaban J connectivity index is 2.83. The van der Waals surface area contributed by atoms with Gasteiger partial charge >= 0.3 is 7.12 Å². The van der Waals surface area contributed by atoms with Crippen LogP contribution >= 0.6 is 11.3 Å². The summed E-state index contributed by atoms with van der Waals surface area (Å²) in [5.41, 5.74) is 1.16. The molecule has 0 amide bonds. The van der Waals surface area contributed by atoms with E-state index < -0.39 is 7.12 Å². The lowest BCUT2D eigenvalue weighted by atomic mass is 9.77. The van der Waals surface area contributed by atoms with Crippen LogP contribution in [0.25, 0.3) is 10.1 Å². The van der Waals surface area contributed by atoms with Gasteiger partial charge in [0.05, 0.1) is 0 Å². The van der Waals surface area contributed by atoms with Crippen LogP contribution in [0.2, 0.25) is 0 Å². The topological polar surface area (TPSA) is 40.5 Å². The molecule has 0 atom stereocenters. The molecule has 0 radical (unpaired) electrons. The fraction of sp³-hybridized carbons (Fsp3) is 0.111. The molecule has 0 bridgehead atoms. The molecule has 0 saturated carbocycles. The van der Waals surface area contributed by atoms with Crippen LogP contribution in [0.4, 0.5) is 4.39 Å². The Kier molecular flexibility index (Phi) is 2.30. The van der Waals surface area contributed by atoms with Crippen molar-refractivity contribution in [3.05, 3.63) is 28.9 Å². The Morgan fingerprint density at radius 2 is 2.07 bits per heavy atom. The largest absolute Gasteiger partial charge is 0.490 e. The molecule has 1 heterocycles. The summed E-state index contributed by atoms with van der Waals surface area (Å²) in [7, 11) is -1.54.